The number of aromatic nitrogens is 1. The fourth-order valence-electron chi connectivity index (χ4n) is 1.34. The molecule has 1 heterocycles. The van der Waals surface area contributed by atoms with Crippen molar-refractivity contribution in [1.82, 2.24) is 4.98 Å². The Labute approximate surface area is 85.4 Å². The number of carbonyl (C=O) groups excluding carboxylic acids is 1. The SMILES string of the molecule is Cc1cccnc1C(=O)CC(C)(C)C. The minimum absolute atomic E-state index is 0.0288. The summed E-state index contributed by atoms with van der Waals surface area (Å²) >= 11 is 0. The van der Waals surface area contributed by atoms with E-state index in [0.29, 0.717) is 12.1 Å². The Morgan fingerprint density at radius 3 is 2.57 bits per heavy atom. The third kappa shape index (κ3) is 2.95. The Kier molecular flexibility index (Phi) is 3.04. The Morgan fingerprint density at radius 2 is 2.07 bits per heavy atom. The van der Waals surface area contributed by atoms with Crippen LogP contribution in [-0.2, 0) is 0 Å². The second-order valence-electron chi connectivity index (χ2n) is 4.83. The molecule has 0 aliphatic carbocycles. The van der Waals surface area contributed by atoms with Gasteiger partial charge in [-0.3, -0.25) is 9.78 Å². The standard InChI is InChI=1S/C12H17NO/c1-9-6-5-7-13-11(9)10(14)8-12(2,3)4/h5-7H,8H2,1-4H3. The van der Waals surface area contributed by atoms with E-state index >= 15 is 0 Å². The van der Waals surface area contributed by atoms with E-state index in [9.17, 15) is 4.79 Å². The number of hydrogen-bond donors (Lipinski definition) is 0. The van der Waals surface area contributed by atoms with Crippen LogP contribution in [0, 0.1) is 12.3 Å². The van der Waals surface area contributed by atoms with Crippen LogP contribution in [0.15, 0.2) is 18.3 Å². The summed E-state index contributed by atoms with van der Waals surface area (Å²) in [5.74, 6) is 0.135. The zero-order chi connectivity index (χ0) is 10.8. The molecule has 0 bridgehead atoms. The molecule has 0 N–H and O–H groups in total. The van der Waals surface area contributed by atoms with Crippen LogP contribution in [0.25, 0.3) is 0 Å². The van der Waals surface area contributed by atoms with E-state index in [1.54, 1.807) is 6.20 Å². The maximum atomic E-state index is 11.8. The predicted octanol–water partition coefficient (Wildman–Crippen LogP) is 3.01. The molecular formula is C12H17NO. The molecule has 0 saturated heterocycles. The second kappa shape index (κ2) is 3.91. The lowest BCUT2D eigenvalue weighted by molar-refractivity contribution is 0.0934. The van der Waals surface area contributed by atoms with E-state index in [1.807, 2.05) is 19.1 Å². The first-order valence-corrected chi connectivity index (χ1v) is 4.85. The van der Waals surface area contributed by atoms with Crippen molar-refractivity contribution in [2.24, 2.45) is 5.41 Å². The molecule has 0 saturated carbocycles. The van der Waals surface area contributed by atoms with Crippen LogP contribution in [0.4, 0.5) is 0 Å². The third-order valence-corrected chi connectivity index (χ3v) is 1.96. The first kappa shape index (κ1) is 10.9. The summed E-state index contributed by atoms with van der Waals surface area (Å²) in [7, 11) is 0. The number of ketones is 1. The van der Waals surface area contributed by atoms with Crippen LogP contribution in [0.3, 0.4) is 0 Å². The summed E-state index contributed by atoms with van der Waals surface area (Å²) in [5, 5.41) is 0. The molecule has 0 spiro atoms. The topological polar surface area (TPSA) is 30.0 Å². The Morgan fingerprint density at radius 1 is 1.43 bits per heavy atom. The normalized spacial score (nSPS) is 11.4. The van der Waals surface area contributed by atoms with Crippen LogP contribution >= 0.6 is 0 Å². The number of Topliss-reactive ketones (excluding diaryl/α,β-unsaturated/α-hetero) is 1. The Balaban J connectivity index is 2.86. The summed E-state index contributed by atoms with van der Waals surface area (Å²) < 4.78 is 0. The largest absolute Gasteiger partial charge is 0.292 e. The van der Waals surface area contributed by atoms with Gasteiger partial charge in [-0.2, -0.15) is 0 Å². The van der Waals surface area contributed by atoms with Crippen molar-refractivity contribution >= 4 is 5.78 Å². The predicted molar refractivity (Wildman–Crippen MR) is 57.4 cm³/mol. The van der Waals surface area contributed by atoms with E-state index in [2.05, 4.69) is 25.8 Å². The zero-order valence-corrected chi connectivity index (χ0v) is 9.29. The Hall–Kier alpha value is -1.18. The van der Waals surface area contributed by atoms with Gasteiger partial charge in [0.25, 0.3) is 0 Å². The van der Waals surface area contributed by atoms with Gasteiger partial charge in [-0.1, -0.05) is 26.8 Å². The van der Waals surface area contributed by atoms with E-state index in [-0.39, 0.29) is 11.2 Å². The lowest BCUT2D eigenvalue weighted by Crippen LogP contribution is -2.15. The molecular weight excluding hydrogens is 174 g/mol. The van der Waals surface area contributed by atoms with Crippen molar-refractivity contribution in [3.63, 3.8) is 0 Å². The average Bonchev–Trinajstić information content (AvgIpc) is 2.01. The first-order valence-electron chi connectivity index (χ1n) is 4.85. The van der Waals surface area contributed by atoms with E-state index in [1.165, 1.54) is 0 Å². The summed E-state index contributed by atoms with van der Waals surface area (Å²) in [6, 6.07) is 3.77. The fourth-order valence-corrected chi connectivity index (χ4v) is 1.34. The molecule has 0 atom stereocenters. The van der Waals surface area contributed by atoms with Gasteiger partial charge in [-0.15, -0.1) is 0 Å². The van der Waals surface area contributed by atoms with E-state index in [4.69, 9.17) is 0 Å². The second-order valence-corrected chi connectivity index (χ2v) is 4.83. The number of rotatable bonds is 2. The van der Waals surface area contributed by atoms with Gasteiger partial charge in [0.05, 0.1) is 0 Å². The smallest absolute Gasteiger partial charge is 0.181 e. The molecule has 14 heavy (non-hydrogen) atoms. The van der Waals surface area contributed by atoms with Crippen molar-refractivity contribution in [3.05, 3.63) is 29.6 Å². The number of pyridine rings is 1. The monoisotopic (exact) mass is 191 g/mol. The van der Waals surface area contributed by atoms with E-state index in [0.717, 1.165) is 5.56 Å². The van der Waals surface area contributed by atoms with Crippen molar-refractivity contribution in [2.75, 3.05) is 0 Å². The quantitative estimate of drug-likeness (QED) is 0.672. The lowest BCUT2D eigenvalue weighted by Gasteiger charge is -2.16. The van der Waals surface area contributed by atoms with Crippen LogP contribution in [0.2, 0.25) is 0 Å². The maximum Gasteiger partial charge on any atom is 0.181 e. The molecule has 0 aromatic carbocycles. The molecule has 1 aromatic rings. The number of nitrogens with zero attached hydrogens (tertiary/aromatic N) is 1. The highest BCUT2D eigenvalue weighted by atomic mass is 16.1. The first-order chi connectivity index (χ1) is 6.40. The van der Waals surface area contributed by atoms with Crippen LogP contribution in [0.1, 0.15) is 43.2 Å². The fraction of sp³-hybridized carbons (Fsp3) is 0.500. The molecule has 0 radical (unpaired) electrons. The highest BCUT2D eigenvalue weighted by Gasteiger charge is 2.19. The van der Waals surface area contributed by atoms with Crippen molar-refractivity contribution in [3.8, 4) is 0 Å². The minimum atomic E-state index is 0.0288. The van der Waals surface area contributed by atoms with Gasteiger partial charge < -0.3 is 0 Å². The highest BCUT2D eigenvalue weighted by Crippen LogP contribution is 2.21. The maximum absolute atomic E-state index is 11.8. The summed E-state index contributed by atoms with van der Waals surface area (Å²) in [4.78, 5) is 15.9. The summed E-state index contributed by atoms with van der Waals surface area (Å²) in [6.07, 6.45) is 2.22. The number of carbonyl (C=O) groups is 1. The minimum Gasteiger partial charge on any atom is -0.292 e. The van der Waals surface area contributed by atoms with Crippen molar-refractivity contribution in [1.29, 1.82) is 0 Å². The summed E-state index contributed by atoms with van der Waals surface area (Å²) in [5.41, 5.74) is 1.60. The molecule has 0 aliphatic heterocycles. The van der Waals surface area contributed by atoms with Crippen molar-refractivity contribution < 1.29 is 4.79 Å². The average molecular weight is 191 g/mol. The van der Waals surface area contributed by atoms with Gasteiger partial charge in [0.2, 0.25) is 0 Å². The molecule has 2 heteroatoms. The molecule has 1 rings (SSSR count). The molecule has 76 valence electrons. The zero-order valence-electron chi connectivity index (χ0n) is 9.29. The van der Waals surface area contributed by atoms with Gasteiger partial charge in [0.15, 0.2) is 5.78 Å². The molecule has 0 unspecified atom stereocenters. The van der Waals surface area contributed by atoms with E-state index < -0.39 is 0 Å². The van der Waals surface area contributed by atoms with Crippen LogP contribution in [-0.4, -0.2) is 10.8 Å². The van der Waals surface area contributed by atoms with Gasteiger partial charge in [0, 0.05) is 12.6 Å². The molecule has 0 amide bonds. The molecule has 2 nitrogen and oxygen atoms in total. The molecule has 0 aliphatic rings. The van der Waals surface area contributed by atoms with Gasteiger partial charge in [0.1, 0.15) is 5.69 Å². The number of aryl methyl sites for hydroxylation is 1. The lowest BCUT2D eigenvalue weighted by atomic mass is 9.88. The van der Waals surface area contributed by atoms with Crippen LogP contribution < -0.4 is 0 Å². The number of hydrogen-bond acceptors (Lipinski definition) is 2. The molecule has 0 fully saturated rings. The Bertz CT molecular complexity index is 336. The summed E-state index contributed by atoms with van der Waals surface area (Å²) in [6.45, 7) is 8.10. The van der Waals surface area contributed by atoms with Crippen molar-refractivity contribution in [2.45, 2.75) is 34.1 Å². The third-order valence-electron chi connectivity index (χ3n) is 1.96. The highest BCUT2D eigenvalue weighted by molar-refractivity contribution is 5.95. The van der Waals surface area contributed by atoms with Gasteiger partial charge in [-0.25, -0.2) is 0 Å². The van der Waals surface area contributed by atoms with Crippen LogP contribution in [0.5, 0.6) is 0 Å². The van der Waals surface area contributed by atoms with Gasteiger partial charge >= 0.3 is 0 Å². The molecule has 1 aromatic heterocycles. The van der Waals surface area contributed by atoms with Gasteiger partial charge in [-0.05, 0) is 24.0 Å².